The molecule has 0 fully saturated rings. The van der Waals surface area contributed by atoms with E-state index in [0.29, 0.717) is 10.4 Å². The third-order valence-corrected chi connectivity index (χ3v) is 2.57. The molecule has 1 heterocycles. The van der Waals surface area contributed by atoms with Crippen LogP contribution in [0.5, 0.6) is 0 Å². The lowest BCUT2D eigenvalue weighted by Gasteiger charge is -2.07. The maximum absolute atomic E-state index is 11.2. The van der Waals surface area contributed by atoms with Crippen molar-refractivity contribution in [1.29, 1.82) is 0 Å². The Morgan fingerprint density at radius 1 is 1.85 bits per heavy atom. The summed E-state index contributed by atoms with van der Waals surface area (Å²) in [4.78, 5) is 11.6. The standard InChI is InChI=1S/C8H11NO3S/c1-12-8(11)7-5(2-3-13-7)6(9)4-10/h2-3,6,10H,4,9H2,1H3/t6-/m0/s1. The Labute approximate surface area is 79.9 Å². The van der Waals surface area contributed by atoms with Crippen LogP contribution in [-0.4, -0.2) is 24.8 Å². The van der Waals surface area contributed by atoms with Crippen LogP contribution in [0.25, 0.3) is 0 Å². The van der Waals surface area contributed by atoms with Gasteiger partial charge in [0, 0.05) is 0 Å². The molecule has 0 aliphatic rings. The number of carbonyl (C=O) groups is 1. The smallest absolute Gasteiger partial charge is 0.348 e. The zero-order valence-electron chi connectivity index (χ0n) is 7.19. The van der Waals surface area contributed by atoms with Crippen molar-refractivity contribution in [1.82, 2.24) is 0 Å². The van der Waals surface area contributed by atoms with Gasteiger partial charge in [0.05, 0.1) is 19.8 Å². The second-order valence-corrected chi connectivity index (χ2v) is 3.40. The van der Waals surface area contributed by atoms with Crippen molar-refractivity contribution in [2.75, 3.05) is 13.7 Å². The van der Waals surface area contributed by atoms with Crippen LogP contribution in [0.4, 0.5) is 0 Å². The predicted octanol–water partition coefficient (Wildman–Crippen LogP) is 0.527. The number of aliphatic hydroxyl groups excluding tert-OH is 1. The SMILES string of the molecule is COC(=O)c1sccc1[C@@H](N)CO. The van der Waals surface area contributed by atoms with Gasteiger partial charge in [-0.2, -0.15) is 0 Å². The van der Waals surface area contributed by atoms with E-state index in [1.807, 2.05) is 0 Å². The molecule has 0 aliphatic carbocycles. The molecular formula is C8H11NO3S. The van der Waals surface area contributed by atoms with E-state index >= 15 is 0 Å². The lowest BCUT2D eigenvalue weighted by molar-refractivity contribution is 0.0604. The number of carbonyl (C=O) groups excluding carboxylic acids is 1. The molecule has 1 aromatic heterocycles. The molecule has 0 aromatic carbocycles. The summed E-state index contributed by atoms with van der Waals surface area (Å²) in [6.07, 6.45) is 0. The quantitative estimate of drug-likeness (QED) is 0.699. The van der Waals surface area contributed by atoms with Crippen LogP contribution in [0.1, 0.15) is 21.3 Å². The minimum Gasteiger partial charge on any atom is -0.465 e. The van der Waals surface area contributed by atoms with Crippen molar-refractivity contribution in [2.24, 2.45) is 5.73 Å². The van der Waals surface area contributed by atoms with Gasteiger partial charge in [-0.1, -0.05) is 0 Å². The molecule has 0 radical (unpaired) electrons. The van der Waals surface area contributed by atoms with Gasteiger partial charge in [-0.25, -0.2) is 4.79 Å². The van der Waals surface area contributed by atoms with Gasteiger partial charge in [0.2, 0.25) is 0 Å². The van der Waals surface area contributed by atoms with Crippen molar-refractivity contribution < 1.29 is 14.6 Å². The molecule has 0 bridgehead atoms. The monoisotopic (exact) mass is 201 g/mol. The van der Waals surface area contributed by atoms with E-state index in [4.69, 9.17) is 10.8 Å². The minimum absolute atomic E-state index is 0.180. The highest BCUT2D eigenvalue weighted by atomic mass is 32.1. The van der Waals surface area contributed by atoms with Gasteiger partial charge in [-0.05, 0) is 17.0 Å². The molecule has 4 nitrogen and oxygen atoms in total. The third-order valence-electron chi connectivity index (χ3n) is 1.66. The Bertz CT molecular complexity index is 297. The summed E-state index contributed by atoms with van der Waals surface area (Å²) < 4.78 is 4.56. The van der Waals surface area contributed by atoms with E-state index in [-0.39, 0.29) is 6.61 Å². The summed E-state index contributed by atoms with van der Waals surface area (Å²) in [6, 6.07) is 1.21. The van der Waals surface area contributed by atoms with Crippen LogP contribution in [0.2, 0.25) is 0 Å². The van der Waals surface area contributed by atoms with Crippen molar-refractivity contribution in [3.05, 3.63) is 21.9 Å². The second kappa shape index (κ2) is 4.36. The van der Waals surface area contributed by atoms with Crippen LogP contribution in [-0.2, 0) is 4.74 Å². The fraction of sp³-hybridized carbons (Fsp3) is 0.375. The molecular weight excluding hydrogens is 190 g/mol. The summed E-state index contributed by atoms with van der Waals surface area (Å²) in [5.41, 5.74) is 6.22. The van der Waals surface area contributed by atoms with Gasteiger partial charge < -0.3 is 15.6 Å². The molecule has 0 aliphatic heterocycles. The van der Waals surface area contributed by atoms with Crippen LogP contribution in [0, 0.1) is 0 Å². The minimum atomic E-state index is -0.514. The highest BCUT2D eigenvalue weighted by Gasteiger charge is 2.17. The molecule has 0 unspecified atom stereocenters. The zero-order chi connectivity index (χ0) is 9.84. The first-order chi connectivity index (χ1) is 6.20. The van der Waals surface area contributed by atoms with Crippen molar-refractivity contribution in [3.8, 4) is 0 Å². The Balaban J connectivity index is 2.95. The summed E-state index contributed by atoms with van der Waals surface area (Å²) in [7, 11) is 1.32. The van der Waals surface area contributed by atoms with Gasteiger partial charge in [0.1, 0.15) is 4.88 Å². The van der Waals surface area contributed by atoms with Gasteiger partial charge in [0.25, 0.3) is 0 Å². The van der Waals surface area contributed by atoms with Gasteiger partial charge in [0.15, 0.2) is 0 Å². The van der Waals surface area contributed by atoms with E-state index in [9.17, 15) is 4.79 Å². The number of esters is 1. The first-order valence-corrected chi connectivity index (χ1v) is 4.60. The highest BCUT2D eigenvalue weighted by molar-refractivity contribution is 7.12. The molecule has 1 atom stereocenters. The maximum atomic E-state index is 11.2. The number of methoxy groups -OCH3 is 1. The number of aliphatic hydroxyl groups is 1. The Morgan fingerprint density at radius 3 is 3.08 bits per heavy atom. The molecule has 3 N–H and O–H groups in total. The number of rotatable bonds is 3. The molecule has 5 heteroatoms. The van der Waals surface area contributed by atoms with Crippen LogP contribution < -0.4 is 5.73 Å². The lowest BCUT2D eigenvalue weighted by Crippen LogP contribution is -2.16. The predicted molar refractivity (Wildman–Crippen MR) is 49.7 cm³/mol. The molecule has 1 aromatic rings. The molecule has 0 saturated carbocycles. The van der Waals surface area contributed by atoms with Crippen LogP contribution in [0.15, 0.2) is 11.4 Å². The third kappa shape index (κ3) is 2.06. The van der Waals surface area contributed by atoms with Crippen molar-refractivity contribution in [2.45, 2.75) is 6.04 Å². The highest BCUT2D eigenvalue weighted by Crippen LogP contribution is 2.22. The maximum Gasteiger partial charge on any atom is 0.348 e. The van der Waals surface area contributed by atoms with E-state index in [0.717, 1.165) is 0 Å². The van der Waals surface area contributed by atoms with E-state index in [2.05, 4.69) is 4.74 Å². The van der Waals surface area contributed by atoms with Crippen LogP contribution >= 0.6 is 11.3 Å². The summed E-state index contributed by atoms with van der Waals surface area (Å²) in [6.45, 7) is -0.180. The fourth-order valence-corrected chi connectivity index (χ4v) is 1.85. The van der Waals surface area contributed by atoms with Crippen molar-refractivity contribution in [3.63, 3.8) is 0 Å². The van der Waals surface area contributed by atoms with Gasteiger partial charge >= 0.3 is 5.97 Å². The normalized spacial score (nSPS) is 12.5. The Morgan fingerprint density at radius 2 is 2.54 bits per heavy atom. The molecule has 1 rings (SSSR count). The Hall–Kier alpha value is -0.910. The summed E-state index contributed by atoms with van der Waals surface area (Å²) in [5.74, 6) is -0.408. The molecule has 0 spiro atoms. The van der Waals surface area contributed by atoms with E-state index in [1.54, 1.807) is 11.4 Å². The second-order valence-electron chi connectivity index (χ2n) is 2.49. The molecule has 0 amide bonds. The zero-order valence-corrected chi connectivity index (χ0v) is 8.00. The number of ether oxygens (including phenoxy) is 1. The van der Waals surface area contributed by atoms with E-state index in [1.165, 1.54) is 18.4 Å². The van der Waals surface area contributed by atoms with Gasteiger partial charge in [-0.3, -0.25) is 0 Å². The number of hydrogen-bond donors (Lipinski definition) is 2. The number of thiophene rings is 1. The number of nitrogens with two attached hydrogens (primary N) is 1. The average Bonchev–Trinajstić information content (AvgIpc) is 2.63. The largest absolute Gasteiger partial charge is 0.465 e. The van der Waals surface area contributed by atoms with E-state index < -0.39 is 12.0 Å². The van der Waals surface area contributed by atoms with Crippen LogP contribution in [0.3, 0.4) is 0 Å². The first-order valence-electron chi connectivity index (χ1n) is 3.72. The summed E-state index contributed by atoms with van der Waals surface area (Å²) in [5, 5.41) is 10.6. The lowest BCUT2D eigenvalue weighted by atomic mass is 10.1. The molecule has 0 saturated heterocycles. The molecule has 13 heavy (non-hydrogen) atoms. The van der Waals surface area contributed by atoms with Crippen molar-refractivity contribution >= 4 is 17.3 Å². The first kappa shape index (κ1) is 10.2. The molecule has 72 valence electrons. The number of hydrogen-bond acceptors (Lipinski definition) is 5. The average molecular weight is 201 g/mol. The van der Waals surface area contributed by atoms with Gasteiger partial charge in [-0.15, -0.1) is 11.3 Å². The topological polar surface area (TPSA) is 72.5 Å². The fourth-order valence-electron chi connectivity index (χ4n) is 0.968. The summed E-state index contributed by atoms with van der Waals surface area (Å²) >= 11 is 1.26. The Kier molecular flexibility index (Phi) is 3.41.